The van der Waals surface area contributed by atoms with E-state index in [2.05, 4.69) is 15.2 Å². The number of hydrogen-bond acceptors (Lipinski definition) is 5. The molecule has 0 aliphatic heterocycles. The standard InChI is InChI=1S/C21H23N3O3/c1-24(2)11-3-10-22-20-17-12-15(14-4-7-16(25)8-5-14)6-9-19(17)23-13-18(20)21(26)27/h4-9,12-13,25H,3,10-11H2,1-2H3,(H,22,23)(H,26,27). The number of anilines is 1. The highest BCUT2D eigenvalue weighted by molar-refractivity contribution is 6.05. The quantitative estimate of drug-likeness (QED) is 0.554. The van der Waals surface area contributed by atoms with E-state index in [1.807, 2.05) is 44.4 Å². The Morgan fingerprint density at radius 2 is 1.81 bits per heavy atom. The number of nitrogens with zero attached hydrogens (tertiary/aromatic N) is 2. The molecule has 0 saturated heterocycles. The third-order valence-corrected chi connectivity index (χ3v) is 4.38. The zero-order valence-corrected chi connectivity index (χ0v) is 15.4. The summed E-state index contributed by atoms with van der Waals surface area (Å²) in [7, 11) is 4.02. The number of benzene rings is 2. The molecule has 3 N–H and O–H groups in total. The van der Waals surface area contributed by atoms with Gasteiger partial charge in [-0.2, -0.15) is 0 Å². The van der Waals surface area contributed by atoms with Crippen molar-refractivity contribution in [1.29, 1.82) is 0 Å². The predicted molar refractivity (Wildman–Crippen MR) is 107 cm³/mol. The first-order valence-corrected chi connectivity index (χ1v) is 8.80. The van der Waals surface area contributed by atoms with Crippen LogP contribution >= 0.6 is 0 Å². The number of aromatic carboxylic acids is 1. The van der Waals surface area contributed by atoms with Crippen molar-refractivity contribution in [3.05, 3.63) is 54.2 Å². The fourth-order valence-electron chi connectivity index (χ4n) is 2.99. The molecule has 0 amide bonds. The molecule has 1 aromatic heterocycles. The monoisotopic (exact) mass is 365 g/mol. The Morgan fingerprint density at radius 1 is 1.11 bits per heavy atom. The molecule has 0 aliphatic carbocycles. The molecular formula is C21H23N3O3. The van der Waals surface area contributed by atoms with E-state index in [9.17, 15) is 15.0 Å². The molecule has 3 aromatic rings. The molecule has 0 saturated carbocycles. The van der Waals surface area contributed by atoms with Gasteiger partial charge in [0.2, 0.25) is 0 Å². The predicted octanol–water partition coefficient (Wildman–Crippen LogP) is 3.67. The fourth-order valence-corrected chi connectivity index (χ4v) is 2.99. The van der Waals surface area contributed by atoms with Crippen LogP contribution in [0.2, 0.25) is 0 Å². The number of hydrogen-bond donors (Lipinski definition) is 3. The van der Waals surface area contributed by atoms with Gasteiger partial charge < -0.3 is 20.4 Å². The Kier molecular flexibility index (Phi) is 5.57. The first-order chi connectivity index (χ1) is 13.0. The van der Waals surface area contributed by atoms with E-state index in [1.165, 1.54) is 6.20 Å². The minimum atomic E-state index is -1.01. The Bertz CT molecular complexity index is 953. The van der Waals surface area contributed by atoms with E-state index in [-0.39, 0.29) is 11.3 Å². The van der Waals surface area contributed by atoms with Crippen LogP contribution in [0.1, 0.15) is 16.8 Å². The molecule has 0 aliphatic rings. The van der Waals surface area contributed by atoms with Crippen LogP contribution in [0.25, 0.3) is 22.0 Å². The van der Waals surface area contributed by atoms with Crippen molar-refractivity contribution in [2.75, 3.05) is 32.5 Å². The van der Waals surface area contributed by atoms with Crippen molar-refractivity contribution in [3.8, 4) is 16.9 Å². The largest absolute Gasteiger partial charge is 0.508 e. The van der Waals surface area contributed by atoms with Crippen molar-refractivity contribution in [1.82, 2.24) is 9.88 Å². The SMILES string of the molecule is CN(C)CCCNc1c(C(=O)O)cnc2ccc(-c3ccc(O)cc3)cc12. The molecule has 140 valence electrons. The number of phenolic OH excluding ortho intramolecular Hbond substituents is 1. The van der Waals surface area contributed by atoms with Crippen LogP contribution in [0, 0.1) is 0 Å². The maximum atomic E-state index is 11.7. The van der Waals surface area contributed by atoms with E-state index >= 15 is 0 Å². The van der Waals surface area contributed by atoms with Gasteiger partial charge in [0.1, 0.15) is 11.3 Å². The van der Waals surface area contributed by atoms with Crippen LogP contribution in [-0.4, -0.2) is 53.3 Å². The molecule has 0 bridgehead atoms. The lowest BCUT2D eigenvalue weighted by Crippen LogP contribution is -2.17. The number of carboxylic acid groups (broad SMARTS) is 1. The molecule has 3 rings (SSSR count). The molecule has 2 aromatic carbocycles. The highest BCUT2D eigenvalue weighted by Gasteiger charge is 2.15. The summed E-state index contributed by atoms with van der Waals surface area (Å²) in [6, 6.07) is 12.7. The Morgan fingerprint density at radius 3 is 2.48 bits per heavy atom. The number of carbonyl (C=O) groups is 1. The third kappa shape index (κ3) is 4.35. The van der Waals surface area contributed by atoms with Crippen LogP contribution in [0.4, 0.5) is 5.69 Å². The molecule has 1 heterocycles. The third-order valence-electron chi connectivity index (χ3n) is 4.38. The van der Waals surface area contributed by atoms with Gasteiger partial charge in [-0.15, -0.1) is 0 Å². The summed E-state index contributed by atoms with van der Waals surface area (Å²) in [5, 5.41) is 23.1. The minimum Gasteiger partial charge on any atom is -0.508 e. The zero-order valence-electron chi connectivity index (χ0n) is 15.4. The van der Waals surface area contributed by atoms with Gasteiger partial charge in [-0.1, -0.05) is 18.2 Å². The number of rotatable bonds is 7. The first-order valence-electron chi connectivity index (χ1n) is 8.80. The first kappa shape index (κ1) is 18.7. The molecule has 0 radical (unpaired) electrons. The van der Waals surface area contributed by atoms with Crippen LogP contribution in [0.15, 0.2) is 48.7 Å². The average molecular weight is 365 g/mol. The summed E-state index contributed by atoms with van der Waals surface area (Å²) in [6.07, 6.45) is 2.30. The molecule has 0 fully saturated rings. The molecule has 0 unspecified atom stereocenters. The van der Waals surface area contributed by atoms with Crippen LogP contribution in [0.5, 0.6) is 5.75 Å². The van der Waals surface area contributed by atoms with Crippen LogP contribution in [0.3, 0.4) is 0 Å². The number of aromatic hydroxyl groups is 1. The second kappa shape index (κ2) is 8.05. The molecule has 27 heavy (non-hydrogen) atoms. The Hall–Kier alpha value is -3.12. The van der Waals surface area contributed by atoms with Crippen molar-refractivity contribution in [3.63, 3.8) is 0 Å². The Balaban J connectivity index is 2.02. The van der Waals surface area contributed by atoms with E-state index in [4.69, 9.17) is 0 Å². The number of fused-ring (bicyclic) bond motifs is 1. The average Bonchev–Trinajstić information content (AvgIpc) is 2.65. The van der Waals surface area contributed by atoms with E-state index in [0.29, 0.717) is 12.2 Å². The lowest BCUT2D eigenvalue weighted by molar-refractivity contribution is 0.0697. The summed E-state index contributed by atoms with van der Waals surface area (Å²) >= 11 is 0. The summed E-state index contributed by atoms with van der Waals surface area (Å²) in [6.45, 7) is 1.58. The van der Waals surface area contributed by atoms with E-state index < -0.39 is 5.97 Å². The lowest BCUT2D eigenvalue weighted by Gasteiger charge is -2.15. The van der Waals surface area contributed by atoms with Gasteiger partial charge >= 0.3 is 5.97 Å². The molecule has 6 nitrogen and oxygen atoms in total. The highest BCUT2D eigenvalue weighted by Crippen LogP contribution is 2.31. The van der Waals surface area contributed by atoms with Gasteiger partial charge in [0, 0.05) is 18.1 Å². The second-order valence-electron chi connectivity index (χ2n) is 6.71. The number of pyridine rings is 1. The Labute approximate surface area is 158 Å². The van der Waals surface area contributed by atoms with Crippen LogP contribution < -0.4 is 5.32 Å². The number of phenols is 1. The van der Waals surface area contributed by atoms with Crippen molar-refractivity contribution < 1.29 is 15.0 Å². The molecular weight excluding hydrogens is 342 g/mol. The van der Waals surface area contributed by atoms with Crippen LogP contribution in [-0.2, 0) is 0 Å². The van der Waals surface area contributed by atoms with Gasteiger partial charge in [-0.3, -0.25) is 4.98 Å². The van der Waals surface area contributed by atoms with Gasteiger partial charge in [0.15, 0.2) is 0 Å². The minimum absolute atomic E-state index is 0.162. The van der Waals surface area contributed by atoms with Crippen molar-refractivity contribution >= 4 is 22.6 Å². The van der Waals surface area contributed by atoms with Gasteiger partial charge in [-0.25, -0.2) is 4.79 Å². The van der Waals surface area contributed by atoms with E-state index in [0.717, 1.165) is 35.0 Å². The molecule has 0 atom stereocenters. The highest BCUT2D eigenvalue weighted by atomic mass is 16.4. The zero-order chi connectivity index (χ0) is 19.4. The number of aromatic nitrogens is 1. The summed E-state index contributed by atoms with van der Waals surface area (Å²) in [4.78, 5) is 18.1. The molecule has 6 heteroatoms. The van der Waals surface area contributed by atoms with Crippen molar-refractivity contribution in [2.45, 2.75) is 6.42 Å². The van der Waals surface area contributed by atoms with E-state index in [1.54, 1.807) is 12.1 Å². The van der Waals surface area contributed by atoms with Gasteiger partial charge in [0.25, 0.3) is 0 Å². The summed E-state index contributed by atoms with van der Waals surface area (Å²) < 4.78 is 0. The molecule has 0 spiro atoms. The topological polar surface area (TPSA) is 85.7 Å². The maximum absolute atomic E-state index is 11.7. The van der Waals surface area contributed by atoms with Crippen molar-refractivity contribution in [2.24, 2.45) is 0 Å². The summed E-state index contributed by atoms with van der Waals surface area (Å²) in [5.74, 6) is -0.799. The smallest absolute Gasteiger partial charge is 0.339 e. The fraction of sp³-hybridized carbons (Fsp3) is 0.238. The number of nitrogens with one attached hydrogen (secondary N) is 1. The second-order valence-corrected chi connectivity index (χ2v) is 6.71. The summed E-state index contributed by atoms with van der Waals surface area (Å²) in [5.41, 5.74) is 3.36. The van der Waals surface area contributed by atoms with Gasteiger partial charge in [-0.05, 0) is 62.5 Å². The van der Waals surface area contributed by atoms with Gasteiger partial charge in [0.05, 0.1) is 11.2 Å². The normalized spacial score (nSPS) is 11.1. The maximum Gasteiger partial charge on any atom is 0.339 e. The number of carboxylic acids is 1. The lowest BCUT2D eigenvalue weighted by atomic mass is 10.0.